The van der Waals surface area contributed by atoms with E-state index in [1.54, 1.807) is 6.08 Å². The average Bonchev–Trinajstić information content (AvgIpc) is 3.16. The van der Waals surface area contributed by atoms with Gasteiger partial charge in [-0.3, -0.25) is 15.2 Å². The molecule has 0 spiro atoms. The molecule has 0 atom stereocenters. The van der Waals surface area contributed by atoms with Crippen LogP contribution in [0, 0.1) is 5.41 Å². The smallest absolute Gasteiger partial charge is 0.260 e. The first-order chi connectivity index (χ1) is 15.1. The van der Waals surface area contributed by atoms with Crippen molar-refractivity contribution in [3.8, 4) is 17.0 Å². The van der Waals surface area contributed by atoms with Crippen LogP contribution in [0.15, 0.2) is 94.8 Å². The Morgan fingerprint density at radius 1 is 0.871 bits per heavy atom. The Kier molecular flexibility index (Phi) is 4.45. The summed E-state index contributed by atoms with van der Waals surface area (Å²) in [6.07, 6.45) is 1.72. The number of aromatic amines is 1. The molecule has 31 heavy (non-hydrogen) atoms. The van der Waals surface area contributed by atoms with Gasteiger partial charge in [-0.15, -0.1) is 0 Å². The minimum absolute atomic E-state index is 0.00373. The van der Waals surface area contributed by atoms with Gasteiger partial charge in [-0.05, 0) is 34.9 Å². The van der Waals surface area contributed by atoms with E-state index in [0.717, 1.165) is 16.7 Å². The van der Waals surface area contributed by atoms with Crippen LogP contribution in [0.5, 0.6) is 5.88 Å². The van der Waals surface area contributed by atoms with Crippen LogP contribution < -0.4 is 21.1 Å². The zero-order valence-electron chi connectivity index (χ0n) is 16.4. The van der Waals surface area contributed by atoms with E-state index in [4.69, 9.17) is 5.41 Å². The van der Waals surface area contributed by atoms with Crippen molar-refractivity contribution in [2.24, 2.45) is 5.10 Å². The maximum Gasteiger partial charge on any atom is 0.260 e. The van der Waals surface area contributed by atoms with Gasteiger partial charge in [0.2, 0.25) is 5.88 Å². The number of pyridine rings is 1. The first kappa shape index (κ1) is 18.6. The minimum Gasteiger partial charge on any atom is -0.494 e. The summed E-state index contributed by atoms with van der Waals surface area (Å²) in [5, 5.41) is 25.2. The number of hydrogen-bond donors (Lipinski definition) is 3. The number of benzene rings is 3. The molecule has 0 bridgehead atoms. The fourth-order valence-corrected chi connectivity index (χ4v) is 3.63. The Bertz CT molecular complexity index is 1460. The second kappa shape index (κ2) is 7.42. The first-order valence-electron chi connectivity index (χ1n) is 9.77. The molecule has 1 aliphatic rings. The Labute approximate surface area is 177 Å². The molecule has 2 heterocycles. The topological polar surface area (TPSA) is 92.5 Å². The van der Waals surface area contributed by atoms with Gasteiger partial charge in [0.15, 0.2) is 5.84 Å². The highest BCUT2D eigenvalue weighted by Gasteiger charge is 2.26. The van der Waals surface area contributed by atoms with Gasteiger partial charge >= 0.3 is 0 Å². The Morgan fingerprint density at radius 2 is 1.48 bits per heavy atom. The summed E-state index contributed by atoms with van der Waals surface area (Å²) in [7, 11) is 0. The molecule has 6 heteroatoms. The van der Waals surface area contributed by atoms with Gasteiger partial charge in [0.05, 0.1) is 10.9 Å². The molecule has 0 unspecified atom stereocenters. The molecular formula is C25H18N4O2. The van der Waals surface area contributed by atoms with Gasteiger partial charge in [0, 0.05) is 0 Å². The molecule has 1 aliphatic heterocycles. The van der Waals surface area contributed by atoms with Gasteiger partial charge < -0.3 is 5.11 Å². The van der Waals surface area contributed by atoms with E-state index in [1.807, 2.05) is 84.9 Å². The number of hydrogen-bond acceptors (Lipinski definition) is 4. The highest BCUT2D eigenvalue weighted by molar-refractivity contribution is 6.10. The lowest BCUT2D eigenvalue weighted by Crippen LogP contribution is -2.42. The third-order valence-corrected chi connectivity index (χ3v) is 5.18. The number of nitrogens with one attached hydrogen (secondary N) is 2. The molecule has 3 aromatic carbocycles. The predicted molar refractivity (Wildman–Crippen MR) is 121 cm³/mol. The van der Waals surface area contributed by atoms with Crippen molar-refractivity contribution in [1.82, 2.24) is 4.98 Å². The van der Waals surface area contributed by atoms with Gasteiger partial charge in [0.1, 0.15) is 10.9 Å². The molecular weight excluding hydrogens is 388 g/mol. The SMILES string of the molecule is N=C1c2c(O)[nH]c(=O)/c(=C/c3ccc(-c4ccccc4)cc3)c2=NN1c1ccccc1. The molecule has 3 N–H and O–H groups in total. The highest BCUT2D eigenvalue weighted by Crippen LogP contribution is 2.22. The van der Waals surface area contributed by atoms with Crippen molar-refractivity contribution in [2.45, 2.75) is 0 Å². The highest BCUT2D eigenvalue weighted by atomic mass is 16.3. The number of aromatic nitrogens is 1. The number of anilines is 1. The molecule has 150 valence electrons. The summed E-state index contributed by atoms with van der Waals surface area (Å²) in [6, 6.07) is 27.1. The van der Waals surface area contributed by atoms with Crippen molar-refractivity contribution >= 4 is 17.6 Å². The molecule has 5 rings (SSSR count). The third-order valence-electron chi connectivity index (χ3n) is 5.18. The number of rotatable bonds is 3. The second-order valence-electron chi connectivity index (χ2n) is 7.17. The second-order valence-corrected chi connectivity index (χ2v) is 7.17. The largest absolute Gasteiger partial charge is 0.494 e. The lowest BCUT2D eigenvalue weighted by molar-refractivity contribution is 0.449. The Hall–Kier alpha value is -4.45. The van der Waals surface area contributed by atoms with Gasteiger partial charge in [-0.2, -0.15) is 5.10 Å². The molecule has 0 saturated carbocycles. The van der Waals surface area contributed by atoms with E-state index in [1.165, 1.54) is 5.01 Å². The zero-order chi connectivity index (χ0) is 21.4. The number of fused-ring (bicyclic) bond motifs is 1. The molecule has 0 radical (unpaired) electrons. The van der Waals surface area contributed by atoms with E-state index >= 15 is 0 Å². The van der Waals surface area contributed by atoms with E-state index < -0.39 is 5.56 Å². The van der Waals surface area contributed by atoms with E-state index in [2.05, 4.69) is 10.1 Å². The molecule has 4 aromatic rings. The fourth-order valence-electron chi connectivity index (χ4n) is 3.63. The fraction of sp³-hybridized carbons (Fsp3) is 0. The minimum atomic E-state index is -0.463. The molecule has 0 aliphatic carbocycles. The van der Waals surface area contributed by atoms with E-state index in [0.29, 0.717) is 10.9 Å². The lowest BCUT2D eigenvalue weighted by Gasteiger charge is -2.13. The van der Waals surface area contributed by atoms with Crippen molar-refractivity contribution in [3.05, 3.63) is 117 Å². The van der Waals surface area contributed by atoms with Crippen molar-refractivity contribution in [3.63, 3.8) is 0 Å². The number of nitrogens with zero attached hydrogens (tertiary/aromatic N) is 2. The molecule has 6 nitrogen and oxygen atoms in total. The maximum atomic E-state index is 12.6. The molecule has 0 saturated heterocycles. The van der Waals surface area contributed by atoms with Gasteiger partial charge in [-0.25, -0.2) is 5.01 Å². The summed E-state index contributed by atoms with van der Waals surface area (Å²) in [5.74, 6) is -0.354. The lowest BCUT2D eigenvalue weighted by atomic mass is 10.0. The number of amidine groups is 1. The van der Waals surface area contributed by atoms with Crippen molar-refractivity contribution in [2.75, 3.05) is 5.01 Å². The van der Waals surface area contributed by atoms with E-state index in [-0.39, 0.29) is 22.6 Å². The standard InChI is InChI=1S/C25H18N4O2/c26-23-21-22(28-29(23)19-9-5-2-6-10-19)20(24(30)27-25(21)31)15-16-11-13-18(14-12-16)17-7-3-1-4-8-17/h1-15,26,31H,(H,27,30)/b20-15+,26-23?. The normalized spacial score (nSPS) is 13.2. The quantitative estimate of drug-likeness (QED) is 0.488. The molecule has 0 fully saturated rings. The van der Waals surface area contributed by atoms with Crippen LogP contribution in [0.3, 0.4) is 0 Å². The predicted octanol–water partition coefficient (Wildman–Crippen LogP) is 2.96. The van der Waals surface area contributed by atoms with Crippen molar-refractivity contribution < 1.29 is 5.11 Å². The summed E-state index contributed by atoms with van der Waals surface area (Å²) in [5.41, 5.74) is 3.42. The zero-order valence-corrected chi connectivity index (χ0v) is 16.4. The first-order valence-corrected chi connectivity index (χ1v) is 9.77. The van der Waals surface area contributed by atoms with Crippen LogP contribution in [0.25, 0.3) is 17.2 Å². The maximum absolute atomic E-state index is 12.6. The summed E-state index contributed by atoms with van der Waals surface area (Å²) in [6.45, 7) is 0. The molecule has 0 amide bonds. The third kappa shape index (κ3) is 3.30. The van der Waals surface area contributed by atoms with Crippen LogP contribution in [0.2, 0.25) is 0 Å². The monoisotopic (exact) mass is 406 g/mol. The number of para-hydroxylation sites is 1. The van der Waals surface area contributed by atoms with Crippen molar-refractivity contribution in [1.29, 1.82) is 5.41 Å². The summed E-state index contributed by atoms with van der Waals surface area (Å²) < 4.78 is 0. The van der Waals surface area contributed by atoms with Crippen LogP contribution >= 0.6 is 0 Å². The van der Waals surface area contributed by atoms with E-state index in [9.17, 15) is 9.90 Å². The number of H-pyrrole nitrogens is 1. The molecule has 1 aromatic heterocycles. The summed E-state index contributed by atoms with van der Waals surface area (Å²) in [4.78, 5) is 15.1. The Morgan fingerprint density at radius 3 is 2.16 bits per heavy atom. The van der Waals surface area contributed by atoms with Crippen LogP contribution in [0.4, 0.5) is 5.69 Å². The van der Waals surface area contributed by atoms with Gasteiger partial charge in [-0.1, -0.05) is 72.8 Å². The average molecular weight is 406 g/mol. The Balaban J connectivity index is 1.64. The number of aromatic hydroxyl groups is 1. The van der Waals surface area contributed by atoms with Gasteiger partial charge in [0.25, 0.3) is 5.56 Å². The van der Waals surface area contributed by atoms with Crippen LogP contribution in [-0.4, -0.2) is 15.9 Å². The van der Waals surface area contributed by atoms with Crippen LogP contribution in [-0.2, 0) is 0 Å². The summed E-state index contributed by atoms with van der Waals surface area (Å²) >= 11 is 0. The van der Waals surface area contributed by atoms with Crippen LogP contribution in [0.1, 0.15) is 11.1 Å².